The minimum atomic E-state index is 0.861. The highest BCUT2D eigenvalue weighted by Gasteiger charge is 1.98. The lowest BCUT2D eigenvalue weighted by Crippen LogP contribution is -1.95. The molecule has 0 fully saturated rings. The summed E-state index contributed by atoms with van der Waals surface area (Å²) < 4.78 is 6.83. The second-order valence-electron chi connectivity index (χ2n) is 5.47. The average molecular weight is 361 g/mol. The van der Waals surface area contributed by atoms with Gasteiger partial charge in [-0.15, -0.1) is 11.3 Å². The van der Waals surface area contributed by atoms with Crippen molar-refractivity contribution in [3.8, 4) is 5.75 Å². The quantitative estimate of drug-likeness (QED) is 0.338. The zero-order chi connectivity index (χ0) is 14.5. The van der Waals surface area contributed by atoms with Crippen LogP contribution in [0.1, 0.15) is 77.6 Å². The molecule has 20 heavy (non-hydrogen) atoms. The zero-order valence-electron chi connectivity index (χ0n) is 12.8. The second-order valence-corrected chi connectivity index (χ2v) is 7.76. The molecule has 0 aliphatic heterocycles. The molecule has 0 radical (unpaired) electrons. The highest BCUT2D eigenvalue weighted by molar-refractivity contribution is 9.11. The molecule has 0 atom stereocenters. The summed E-state index contributed by atoms with van der Waals surface area (Å²) in [5.74, 6) is 1.01. The van der Waals surface area contributed by atoms with E-state index in [4.69, 9.17) is 4.74 Å². The van der Waals surface area contributed by atoms with Crippen molar-refractivity contribution in [2.45, 2.75) is 77.6 Å². The minimum Gasteiger partial charge on any atom is -0.493 e. The van der Waals surface area contributed by atoms with Crippen LogP contribution in [0.5, 0.6) is 5.75 Å². The first-order valence-electron chi connectivity index (χ1n) is 8.19. The van der Waals surface area contributed by atoms with Crippen LogP contribution in [-0.4, -0.2) is 6.61 Å². The highest BCUT2D eigenvalue weighted by Crippen LogP contribution is 2.26. The van der Waals surface area contributed by atoms with Gasteiger partial charge in [-0.3, -0.25) is 0 Å². The van der Waals surface area contributed by atoms with Crippen LogP contribution in [0.2, 0.25) is 0 Å². The second kappa shape index (κ2) is 12.7. The van der Waals surface area contributed by atoms with Gasteiger partial charge in [0.15, 0.2) is 0 Å². The van der Waals surface area contributed by atoms with E-state index < -0.39 is 0 Å². The lowest BCUT2D eigenvalue weighted by molar-refractivity contribution is 0.305. The normalized spacial score (nSPS) is 10.9. The van der Waals surface area contributed by atoms with Gasteiger partial charge < -0.3 is 4.74 Å². The van der Waals surface area contributed by atoms with E-state index in [0.29, 0.717) is 0 Å². The van der Waals surface area contributed by atoms with E-state index in [1.54, 1.807) is 11.3 Å². The van der Waals surface area contributed by atoms with Gasteiger partial charge in [0.05, 0.1) is 10.4 Å². The summed E-state index contributed by atoms with van der Waals surface area (Å²) >= 11 is 5.13. The molecule has 0 amide bonds. The maximum absolute atomic E-state index is 5.69. The van der Waals surface area contributed by atoms with E-state index in [9.17, 15) is 0 Å². The summed E-state index contributed by atoms with van der Waals surface area (Å²) in [6, 6.07) is 2.04. The first-order valence-corrected chi connectivity index (χ1v) is 9.87. The molecule has 1 rings (SSSR count). The predicted octanol–water partition coefficient (Wildman–Crippen LogP) is 7.20. The molecule has 0 aliphatic rings. The van der Waals surface area contributed by atoms with Crippen LogP contribution in [0.3, 0.4) is 0 Å². The third-order valence-corrected chi connectivity index (χ3v) is 5.04. The van der Waals surface area contributed by atoms with Crippen LogP contribution in [0.15, 0.2) is 15.2 Å². The highest BCUT2D eigenvalue weighted by atomic mass is 79.9. The van der Waals surface area contributed by atoms with Gasteiger partial charge in [-0.2, -0.15) is 0 Å². The van der Waals surface area contributed by atoms with Crippen molar-refractivity contribution in [1.29, 1.82) is 0 Å². The first kappa shape index (κ1) is 18.0. The number of hydrogen-bond donors (Lipinski definition) is 0. The van der Waals surface area contributed by atoms with Gasteiger partial charge in [0.1, 0.15) is 5.75 Å². The lowest BCUT2D eigenvalue weighted by Gasteiger charge is -2.04. The van der Waals surface area contributed by atoms with Crippen LogP contribution in [0.25, 0.3) is 0 Å². The number of ether oxygens (including phenoxy) is 1. The topological polar surface area (TPSA) is 9.23 Å². The molecule has 0 aliphatic carbocycles. The van der Waals surface area contributed by atoms with Crippen LogP contribution in [0, 0.1) is 0 Å². The van der Waals surface area contributed by atoms with E-state index in [1.807, 2.05) is 6.07 Å². The van der Waals surface area contributed by atoms with Crippen molar-refractivity contribution in [1.82, 2.24) is 0 Å². The van der Waals surface area contributed by atoms with Gasteiger partial charge in [-0.1, -0.05) is 71.1 Å². The molecule has 0 bridgehead atoms. The fourth-order valence-electron chi connectivity index (χ4n) is 2.33. The Labute approximate surface area is 137 Å². The fraction of sp³-hybridized carbons (Fsp3) is 0.765. The van der Waals surface area contributed by atoms with E-state index in [1.165, 1.54) is 70.6 Å². The first-order chi connectivity index (χ1) is 9.83. The molecule has 116 valence electrons. The van der Waals surface area contributed by atoms with Gasteiger partial charge in [0.2, 0.25) is 0 Å². The number of hydrogen-bond acceptors (Lipinski definition) is 2. The van der Waals surface area contributed by atoms with Gasteiger partial charge in [-0.05, 0) is 22.4 Å². The molecule has 3 heteroatoms. The SMILES string of the molecule is CCCCCCCCCCCCCOc1csc(Br)c1. The van der Waals surface area contributed by atoms with Crippen LogP contribution < -0.4 is 4.74 Å². The summed E-state index contributed by atoms with van der Waals surface area (Å²) in [6.45, 7) is 3.14. The van der Waals surface area contributed by atoms with Crippen LogP contribution >= 0.6 is 27.3 Å². The Hall–Kier alpha value is -0.0200. The number of thiophene rings is 1. The Morgan fingerprint density at radius 2 is 1.45 bits per heavy atom. The van der Waals surface area contributed by atoms with Crippen molar-refractivity contribution in [2.75, 3.05) is 6.61 Å². The van der Waals surface area contributed by atoms with Gasteiger partial charge in [0, 0.05) is 11.4 Å². The van der Waals surface area contributed by atoms with E-state index >= 15 is 0 Å². The maximum atomic E-state index is 5.69. The molecule has 0 unspecified atom stereocenters. The molecule has 0 N–H and O–H groups in total. The van der Waals surface area contributed by atoms with Gasteiger partial charge in [-0.25, -0.2) is 0 Å². The Kier molecular flexibility index (Phi) is 11.4. The summed E-state index contributed by atoms with van der Waals surface area (Å²) in [5.41, 5.74) is 0. The van der Waals surface area contributed by atoms with E-state index in [-0.39, 0.29) is 0 Å². The van der Waals surface area contributed by atoms with Crippen molar-refractivity contribution in [3.05, 3.63) is 15.2 Å². The smallest absolute Gasteiger partial charge is 0.131 e. The molecular weight excluding hydrogens is 332 g/mol. The Balaban J connectivity index is 1.76. The van der Waals surface area contributed by atoms with Gasteiger partial charge in [0.25, 0.3) is 0 Å². The molecule has 0 saturated carbocycles. The van der Waals surface area contributed by atoms with E-state index in [0.717, 1.165) is 16.1 Å². The third kappa shape index (κ3) is 9.82. The fourth-order valence-corrected chi connectivity index (χ4v) is 3.38. The predicted molar refractivity (Wildman–Crippen MR) is 94.0 cm³/mol. The lowest BCUT2D eigenvalue weighted by atomic mass is 10.1. The summed E-state index contributed by atoms with van der Waals surface area (Å²) in [5, 5.41) is 2.06. The summed E-state index contributed by atoms with van der Waals surface area (Å²) in [4.78, 5) is 0. The van der Waals surface area contributed by atoms with E-state index in [2.05, 4.69) is 28.2 Å². The molecule has 1 nitrogen and oxygen atoms in total. The molecule has 1 aromatic heterocycles. The monoisotopic (exact) mass is 360 g/mol. The zero-order valence-corrected chi connectivity index (χ0v) is 15.2. The van der Waals surface area contributed by atoms with Gasteiger partial charge >= 0.3 is 0 Å². The molecule has 1 aromatic rings. The summed E-state index contributed by atoms with van der Waals surface area (Å²) in [6.07, 6.45) is 15.2. The third-order valence-electron chi connectivity index (χ3n) is 3.56. The largest absolute Gasteiger partial charge is 0.493 e. The van der Waals surface area contributed by atoms with Crippen molar-refractivity contribution in [2.24, 2.45) is 0 Å². The minimum absolute atomic E-state index is 0.861. The molecule has 0 aromatic carbocycles. The van der Waals surface area contributed by atoms with Crippen LogP contribution in [-0.2, 0) is 0 Å². The molecule has 1 heterocycles. The number of rotatable bonds is 13. The summed E-state index contributed by atoms with van der Waals surface area (Å²) in [7, 11) is 0. The Morgan fingerprint density at radius 3 is 1.95 bits per heavy atom. The maximum Gasteiger partial charge on any atom is 0.131 e. The standard InChI is InChI=1S/C17H29BrOS/c1-2-3-4-5-6-7-8-9-10-11-12-13-19-16-14-17(18)20-15-16/h14-15H,2-13H2,1H3. The van der Waals surface area contributed by atoms with Crippen molar-refractivity contribution in [3.63, 3.8) is 0 Å². The van der Waals surface area contributed by atoms with Crippen molar-refractivity contribution < 1.29 is 4.74 Å². The Morgan fingerprint density at radius 1 is 0.900 bits per heavy atom. The average Bonchev–Trinajstić information content (AvgIpc) is 2.86. The molecule has 0 spiro atoms. The molecule has 0 saturated heterocycles. The van der Waals surface area contributed by atoms with Crippen LogP contribution in [0.4, 0.5) is 0 Å². The molecular formula is C17H29BrOS. The number of unbranched alkanes of at least 4 members (excludes halogenated alkanes) is 10. The number of halogens is 1. The Bertz CT molecular complexity index is 325. The van der Waals surface area contributed by atoms with Crippen molar-refractivity contribution >= 4 is 27.3 Å².